The lowest BCUT2D eigenvalue weighted by atomic mass is 10.1. The fourth-order valence-electron chi connectivity index (χ4n) is 2.66. The zero-order valence-electron chi connectivity index (χ0n) is 12.3. The van der Waals surface area contributed by atoms with Gasteiger partial charge in [0, 0.05) is 17.9 Å². The van der Waals surface area contributed by atoms with E-state index in [4.69, 9.17) is 5.11 Å². The van der Waals surface area contributed by atoms with Crippen molar-refractivity contribution in [1.82, 2.24) is 5.32 Å². The van der Waals surface area contributed by atoms with Crippen molar-refractivity contribution in [3.8, 4) is 0 Å². The average molecular weight is 325 g/mol. The summed E-state index contributed by atoms with van der Waals surface area (Å²) in [4.78, 5) is 23.0. The summed E-state index contributed by atoms with van der Waals surface area (Å²) in [5.41, 5.74) is 1.07. The highest BCUT2D eigenvalue weighted by atomic mass is 32.2. The van der Waals surface area contributed by atoms with Gasteiger partial charge in [0.15, 0.2) is 9.84 Å². The Balaban J connectivity index is 1.95. The lowest BCUT2D eigenvalue weighted by Crippen LogP contribution is -2.33. The zero-order chi connectivity index (χ0) is 16.3. The number of carbonyl (C=O) groups excluding carboxylic acids is 1. The molecule has 7 heteroatoms. The Kier molecular flexibility index (Phi) is 4.85. The first-order valence-corrected chi connectivity index (χ1v) is 9.11. The second-order valence-electron chi connectivity index (χ2n) is 5.79. The van der Waals surface area contributed by atoms with E-state index in [-0.39, 0.29) is 23.6 Å². The molecule has 0 saturated heterocycles. The van der Waals surface area contributed by atoms with E-state index in [9.17, 15) is 18.0 Å². The number of hydrogen-bond acceptors (Lipinski definition) is 4. The highest BCUT2D eigenvalue weighted by Crippen LogP contribution is 2.25. The molecule has 1 saturated carbocycles. The Morgan fingerprint density at radius 3 is 2.36 bits per heavy atom. The minimum absolute atomic E-state index is 0.0577. The van der Waals surface area contributed by atoms with Crippen LogP contribution in [0.1, 0.15) is 35.2 Å². The summed E-state index contributed by atoms with van der Waals surface area (Å²) in [6.07, 6.45) is 2.85. The molecular weight excluding hydrogens is 306 g/mol. The van der Waals surface area contributed by atoms with Gasteiger partial charge in [0.2, 0.25) is 0 Å². The van der Waals surface area contributed by atoms with Crippen LogP contribution in [0.2, 0.25) is 0 Å². The van der Waals surface area contributed by atoms with Crippen LogP contribution in [0.25, 0.3) is 0 Å². The maximum Gasteiger partial charge on any atom is 0.306 e. The van der Waals surface area contributed by atoms with Gasteiger partial charge >= 0.3 is 5.97 Å². The van der Waals surface area contributed by atoms with Crippen molar-refractivity contribution in [3.05, 3.63) is 35.4 Å². The molecule has 0 aliphatic heterocycles. The molecule has 0 heterocycles. The van der Waals surface area contributed by atoms with E-state index in [2.05, 4.69) is 5.32 Å². The van der Waals surface area contributed by atoms with E-state index in [1.54, 1.807) is 24.3 Å². The Morgan fingerprint density at radius 1 is 1.23 bits per heavy atom. The number of benzene rings is 1. The third kappa shape index (κ3) is 4.56. The predicted molar refractivity (Wildman–Crippen MR) is 81.2 cm³/mol. The summed E-state index contributed by atoms with van der Waals surface area (Å²) in [5, 5.41) is 11.8. The molecule has 1 fully saturated rings. The number of hydrogen-bond donors (Lipinski definition) is 2. The summed E-state index contributed by atoms with van der Waals surface area (Å²) < 4.78 is 22.4. The van der Waals surface area contributed by atoms with Crippen LogP contribution in [0.4, 0.5) is 0 Å². The van der Waals surface area contributed by atoms with Gasteiger partial charge in [-0.15, -0.1) is 0 Å². The summed E-state index contributed by atoms with van der Waals surface area (Å²) in [7, 11) is -3.10. The van der Waals surface area contributed by atoms with E-state index in [1.807, 2.05) is 0 Å². The molecule has 0 aromatic heterocycles. The average Bonchev–Trinajstić information content (AvgIpc) is 2.86. The quantitative estimate of drug-likeness (QED) is 0.847. The largest absolute Gasteiger partial charge is 0.481 e. The molecule has 2 N–H and O–H groups in total. The number of amides is 1. The topological polar surface area (TPSA) is 101 Å². The molecule has 120 valence electrons. The summed E-state index contributed by atoms with van der Waals surface area (Å²) in [6, 6.07) is 6.28. The second kappa shape index (κ2) is 6.48. The van der Waals surface area contributed by atoms with Gasteiger partial charge in [0.05, 0.1) is 11.7 Å². The highest BCUT2D eigenvalue weighted by molar-refractivity contribution is 7.89. The van der Waals surface area contributed by atoms with Gasteiger partial charge in [-0.05, 0) is 37.0 Å². The molecular formula is C15H19NO5S. The smallest absolute Gasteiger partial charge is 0.306 e. The van der Waals surface area contributed by atoms with E-state index in [0.717, 1.165) is 6.26 Å². The molecule has 6 nitrogen and oxygen atoms in total. The van der Waals surface area contributed by atoms with Crippen molar-refractivity contribution in [1.29, 1.82) is 0 Å². The van der Waals surface area contributed by atoms with Crippen molar-refractivity contribution < 1.29 is 23.1 Å². The van der Waals surface area contributed by atoms with Gasteiger partial charge in [0.1, 0.15) is 0 Å². The lowest BCUT2D eigenvalue weighted by Gasteiger charge is -2.12. The minimum atomic E-state index is -3.10. The number of carboxylic acids is 1. The third-order valence-corrected chi connectivity index (χ3v) is 4.62. The van der Waals surface area contributed by atoms with Crippen LogP contribution in [0.15, 0.2) is 24.3 Å². The van der Waals surface area contributed by atoms with Crippen LogP contribution in [0.5, 0.6) is 0 Å². The maximum atomic E-state index is 12.1. The molecule has 22 heavy (non-hydrogen) atoms. The molecule has 0 spiro atoms. The molecule has 2 atom stereocenters. The summed E-state index contributed by atoms with van der Waals surface area (Å²) in [5.74, 6) is -1.52. The standard InChI is InChI=1S/C15H19NO5S/c1-22(20,21)9-10-2-4-11(5-3-10)14(17)16-13-7-6-12(8-13)15(18)19/h2-5,12-13H,6-9H2,1H3,(H,16,17)(H,18,19)/t12-,13+/m1/s1. The second-order valence-corrected chi connectivity index (χ2v) is 7.93. The molecule has 0 unspecified atom stereocenters. The molecule has 0 bridgehead atoms. The maximum absolute atomic E-state index is 12.1. The Morgan fingerprint density at radius 2 is 1.86 bits per heavy atom. The van der Waals surface area contributed by atoms with Crippen LogP contribution in [0, 0.1) is 5.92 Å². The number of rotatable bonds is 5. The van der Waals surface area contributed by atoms with Gasteiger partial charge < -0.3 is 10.4 Å². The Labute approximate surface area is 129 Å². The minimum Gasteiger partial charge on any atom is -0.481 e. The highest BCUT2D eigenvalue weighted by Gasteiger charge is 2.30. The van der Waals surface area contributed by atoms with Crippen LogP contribution < -0.4 is 5.32 Å². The first kappa shape index (κ1) is 16.5. The number of aliphatic carboxylic acids is 1. The summed E-state index contributed by atoms with van der Waals surface area (Å²) >= 11 is 0. The van der Waals surface area contributed by atoms with Gasteiger partial charge in [-0.2, -0.15) is 0 Å². The molecule has 1 aromatic carbocycles. The Hall–Kier alpha value is -1.89. The fourth-order valence-corrected chi connectivity index (χ4v) is 3.46. The molecule has 2 rings (SSSR count). The molecule has 1 aromatic rings. The normalized spacial score (nSPS) is 21.5. The predicted octanol–water partition coefficient (Wildman–Crippen LogP) is 1.21. The molecule has 1 amide bonds. The Bertz CT molecular complexity index is 666. The van der Waals surface area contributed by atoms with Gasteiger partial charge in [-0.25, -0.2) is 8.42 Å². The van der Waals surface area contributed by atoms with Crippen LogP contribution in [0.3, 0.4) is 0 Å². The van der Waals surface area contributed by atoms with E-state index < -0.39 is 15.8 Å². The molecule has 1 aliphatic carbocycles. The third-order valence-electron chi connectivity index (χ3n) is 3.76. The number of carboxylic acid groups (broad SMARTS) is 1. The van der Waals surface area contributed by atoms with Crippen molar-refractivity contribution in [2.45, 2.75) is 31.1 Å². The lowest BCUT2D eigenvalue weighted by molar-refractivity contribution is -0.141. The first-order valence-electron chi connectivity index (χ1n) is 7.05. The zero-order valence-corrected chi connectivity index (χ0v) is 13.1. The van der Waals surface area contributed by atoms with Gasteiger partial charge in [-0.3, -0.25) is 9.59 Å². The van der Waals surface area contributed by atoms with Crippen LogP contribution in [-0.2, 0) is 20.4 Å². The molecule has 0 radical (unpaired) electrons. The fraction of sp³-hybridized carbons (Fsp3) is 0.467. The van der Waals surface area contributed by atoms with Crippen molar-refractivity contribution in [2.24, 2.45) is 5.92 Å². The number of nitrogens with one attached hydrogen (secondary N) is 1. The SMILES string of the molecule is CS(=O)(=O)Cc1ccc(C(=O)N[C@H]2CC[C@@H](C(=O)O)C2)cc1. The van der Waals surface area contributed by atoms with Crippen LogP contribution in [-0.4, -0.2) is 37.7 Å². The van der Waals surface area contributed by atoms with Gasteiger partial charge in [-0.1, -0.05) is 12.1 Å². The van der Waals surface area contributed by atoms with E-state index in [0.29, 0.717) is 30.4 Å². The van der Waals surface area contributed by atoms with E-state index in [1.165, 1.54) is 0 Å². The van der Waals surface area contributed by atoms with Crippen molar-refractivity contribution in [3.63, 3.8) is 0 Å². The van der Waals surface area contributed by atoms with Gasteiger partial charge in [0.25, 0.3) is 5.91 Å². The van der Waals surface area contributed by atoms with E-state index >= 15 is 0 Å². The molecule has 1 aliphatic rings. The van der Waals surface area contributed by atoms with Crippen molar-refractivity contribution >= 4 is 21.7 Å². The number of carbonyl (C=O) groups is 2. The van der Waals surface area contributed by atoms with Crippen LogP contribution >= 0.6 is 0 Å². The van der Waals surface area contributed by atoms with Crippen molar-refractivity contribution in [2.75, 3.05) is 6.26 Å². The monoisotopic (exact) mass is 325 g/mol. The number of sulfone groups is 1. The summed E-state index contributed by atoms with van der Waals surface area (Å²) in [6.45, 7) is 0. The first-order chi connectivity index (χ1) is 10.2.